The smallest absolute Gasteiger partial charge is 0.330 e. The molecule has 0 bridgehead atoms. The standard InChI is InChI=1S/C32H33F2N5O7/c1-18-14-26(38-46-18)30(42)37-25-6-3-13-39(32(25)44)27(16-19-7-9-23(33)24(34)15-19)31(43)36-21(17-20-11-12-35-29(20)41)8-10-28(40)45-22-4-2-5-22/h3,6-10,13-15,20-22,27H,2,4-5,11-12,16-17H2,1H3,(H,35,41)(H,36,43)(H,37,42). The predicted molar refractivity (Wildman–Crippen MR) is 160 cm³/mol. The maximum absolute atomic E-state index is 14.2. The van der Waals surface area contributed by atoms with Crippen LogP contribution in [-0.2, 0) is 25.5 Å². The van der Waals surface area contributed by atoms with Crippen LogP contribution in [0.1, 0.15) is 60.0 Å². The summed E-state index contributed by atoms with van der Waals surface area (Å²) in [5.74, 6) is -4.47. The first-order valence-corrected chi connectivity index (χ1v) is 14.9. The number of benzene rings is 1. The lowest BCUT2D eigenvalue weighted by atomic mass is 9.96. The average Bonchev–Trinajstić information content (AvgIpc) is 3.63. The fourth-order valence-electron chi connectivity index (χ4n) is 5.25. The number of esters is 1. The first-order chi connectivity index (χ1) is 22.1. The molecule has 46 heavy (non-hydrogen) atoms. The molecule has 3 amide bonds. The van der Waals surface area contributed by atoms with Crippen molar-refractivity contribution in [1.29, 1.82) is 0 Å². The van der Waals surface area contributed by atoms with Gasteiger partial charge in [-0.15, -0.1) is 0 Å². The van der Waals surface area contributed by atoms with E-state index in [1.54, 1.807) is 6.92 Å². The largest absolute Gasteiger partial charge is 0.459 e. The van der Waals surface area contributed by atoms with Gasteiger partial charge >= 0.3 is 5.97 Å². The highest BCUT2D eigenvalue weighted by Crippen LogP contribution is 2.23. The number of aromatic nitrogens is 2. The van der Waals surface area contributed by atoms with Crippen molar-refractivity contribution in [2.24, 2.45) is 5.92 Å². The number of nitrogens with zero attached hydrogens (tertiary/aromatic N) is 2. The van der Waals surface area contributed by atoms with Crippen LogP contribution in [0.3, 0.4) is 0 Å². The molecule has 12 nitrogen and oxygen atoms in total. The number of rotatable bonds is 12. The van der Waals surface area contributed by atoms with Crippen LogP contribution in [0.15, 0.2) is 64.1 Å². The van der Waals surface area contributed by atoms with Gasteiger partial charge in [0.15, 0.2) is 17.3 Å². The Morgan fingerprint density at radius 1 is 1.15 bits per heavy atom. The topological polar surface area (TPSA) is 162 Å². The number of carbonyl (C=O) groups excluding carboxylic acids is 4. The van der Waals surface area contributed by atoms with Crippen molar-refractivity contribution in [2.75, 3.05) is 11.9 Å². The fraction of sp³-hybridized carbons (Fsp3) is 0.375. The molecule has 1 aromatic carbocycles. The van der Waals surface area contributed by atoms with Crippen molar-refractivity contribution in [3.63, 3.8) is 0 Å². The van der Waals surface area contributed by atoms with E-state index in [0.717, 1.165) is 36.0 Å². The normalized spacial score (nSPS) is 17.6. The number of hydrogen-bond donors (Lipinski definition) is 3. The molecule has 1 aliphatic carbocycles. The maximum atomic E-state index is 14.2. The van der Waals surface area contributed by atoms with Crippen molar-refractivity contribution in [3.05, 3.63) is 93.8 Å². The monoisotopic (exact) mass is 637 g/mol. The van der Waals surface area contributed by atoms with Gasteiger partial charge in [0, 0.05) is 43.3 Å². The van der Waals surface area contributed by atoms with Gasteiger partial charge in [0.1, 0.15) is 23.6 Å². The van der Waals surface area contributed by atoms with Gasteiger partial charge in [-0.3, -0.25) is 19.2 Å². The van der Waals surface area contributed by atoms with E-state index in [4.69, 9.17) is 9.26 Å². The van der Waals surface area contributed by atoms with Crippen LogP contribution < -0.4 is 21.5 Å². The third kappa shape index (κ3) is 7.92. The highest BCUT2D eigenvalue weighted by atomic mass is 19.2. The minimum Gasteiger partial charge on any atom is -0.459 e. The van der Waals surface area contributed by atoms with E-state index in [0.29, 0.717) is 18.7 Å². The summed E-state index contributed by atoms with van der Waals surface area (Å²) in [7, 11) is 0. The Kier molecular flexibility index (Phi) is 10.0. The van der Waals surface area contributed by atoms with Crippen LogP contribution >= 0.6 is 0 Å². The highest BCUT2D eigenvalue weighted by molar-refractivity contribution is 6.02. The highest BCUT2D eigenvalue weighted by Gasteiger charge is 2.30. The van der Waals surface area contributed by atoms with Crippen LogP contribution in [0, 0.1) is 24.5 Å². The van der Waals surface area contributed by atoms with E-state index in [1.807, 2.05) is 0 Å². The molecule has 3 heterocycles. The van der Waals surface area contributed by atoms with Crippen molar-refractivity contribution in [2.45, 2.75) is 63.6 Å². The van der Waals surface area contributed by atoms with E-state index in [9.17, 15) is 32.8 Å². The molecule has 3 aromatic rings. The van der Waals surface area contributed by atoms with Gasteiger partial charge in [0.25, 0.3) is 11.5 Å². The van der Waals surface area contributed by atoms with Crippen molar-refractivity contribution in [1.82, 2.24) is 20.4 Å². The molecular weight excluding hydrogens is 604 g/mol. The Morgan fingerprint density at radius 2 is 1.96 bits per heavy atom. The zero-order chi connectivity index (χ0) is 32.8. The lowest BCUT2D eigenvalue weighted by Crippen LogP contribution is -2.43. The lowest BCUT2D eigenvalue weighted by molar-refractivity contribution is -0.146. The predicted octanol–water partition coefficient (Wildman–Crippen LogP) is 3.12. The van der Waals surface area contributed by atoms with Crippen molar-refractivity contribution >= 4 is 29.4 Å². The number of amides is 3. The van der Waals surface area contributed by atoms with Gasteiger partial charge < -0.3 is 29.8 Å². The fourth-order valence-corrected chi connectivity index (χ4v) is 5.25. The number of anilines is 1. The Hall–Kier alpha value is -5.14. The first kappa shape index (κ1) is 32.3. The van der Waals surface area contributed by atoms with Crippen LogP contribution in [0.5, 0.6) is 0 Å². The van der Waals surface area contributed by atoms with Gasteiger partial charge in [0.05, 0.1) is 0 Å². The molecule has 1 saturated heterocycles. The second kappa shape index (κ2) is 14.3. The zero-order valence-corrected chi connectivity index (χ0v) is 25.0. The van der Waals surface area contributed by atoms with Crippen molar-refractivity contribution in [3.8, 4) is 0 Å². The SMILES string of the molecule is Cc1cc(C(=O)Nc2cccn(C(Cc3ccc(F)c(F)c3)C(=O)NC(C=CC(=O)OC3CCC3)CC3CCNC3=O)c2=O)no1. The van der Waals surface area contributed by atoms with Crippen LogP contribution in [0.2, 0.25) is 0 Å². The molecule has 2 aromatic heterocycles. The number of ether oxygens (including phenoxy) is 1. The maximum Gasteiger partial charge on any atom is 0.330 e. The molecule has 1 aliphatic heterocycles. The molecule has 0 spiro atoms. The molecule has 0 radical (unpaired) electrons. The van der Waals surface area contributed by atoms with E-state index in [-0.39, 0.29) is 41.8 Å². The number of pyridine rings is 1. The summed E-state index contributed by atoms with van der Waals surface area (Å²) < 4.78 is 39.2. The molecule has 2 aliphatic rings. The van der Waals surface area contributed by atoms with Gasteiger partial charge in [-0.2, -0.15) is 0 Å². The summed E-state index contributed by atoms with van der Waals surface area (Å²) in [4.78, 5) is 65.0. The van der Waals surface area contributed by atoms with Crippen LogP contribution in [0.4, 0.5) is 14.5 Å². The molecule has 2 fully saturated rings. The number of halogens is 2. The first-order valence-electron chi connectivity index (χ1n) is 14.9. The summed E-state index contributed by atoms with van der Waals surface area (Å²) in [6.45, 7) is 2.07. The third-order valence-electron chi connectivity index (χ3n) is 7.96. The lowest BCUT2D eigenvalue weighted by Gasteiger charge is -2.25. The van der Waals surface area contributed by atoms with Crippen LogP contribution in [-0.4, -0.2) is 52.1 Å². The summed E-state index contributed by atoms with van der Waals surface area (Å²) >= 11 is 0. The number of aryl methyl sites for hydroxylation is 1. The zero-order valence-electron chi connectivity index (χ0n) is 25.0. The van der Waals surface area contributed by atoms with E-state index in [1.165, 1.54) is 42.6 Å². The average molecular weight is 638 g/mol. The van der Waals surface area contributed by atoms with E-state index in [2.05, 4.69) is 21.1 Å². The summed E-state index contributed by atoms with van der Waals surface area (Å²) in [5.41, 5.74) is -0.784. The Bertz CT molecular complexity index is 1710. The second-order valence-corrected chi connectivity index (χ2v) is 11.4. The Labute approximate surface area is 262 Å². The Morgan fingerprint density at radius 3 is 2.61 bits per heavy atom. The van der Waals surface area contributed by atoms with E-state index >= 15 is 0 Å². The van der Waals surface area contributed by atoms with Crippen molar-refractivity contribution < 1.29 is 37.2 Å². The quantitative estimate of drug-likeness (QED) is 0.202. The molecular formula is C32H33F2N5O7. The molecule has 14 heteroatoms. The number of nitrogens with one attached hydrogen (secondary N) is 3. The molecule has 3 N–H and O–H groups in total. The summed E-state index contributed by atoms with van der Waals surface area (Å²) in [6.07, 6.45) is 6.79. The van der Waals surface area contributed by atoms with Gasteiger partial charge in [-0.05, 0) is 68.9 Å². The molecule has 242 valence electrons. The molecule has 3 unspecified atom stereocenters. The molecule has 5 rings (SSSR count). The van der Waals surface area contributed by atoms with Crippen LogP contribution in [0.25, 0.3) is 0 Å². The second-order valence-electron chi connectivity index (χ2n) is 11.4. The number of carbonyl (C=O) groups is 4. The third-order valence-corrected chi connectivity index (χ3v) is 7.96. The Balaban J connectivity index is 1.43. The van der Waals surface area contributed by atoms with Gasteiger partial charge in [-0.25, -0.2) is 13.6 Å². The minimum absolute atomic E-state index is 0.0650. The summed E-state index contributed by atoms with van der Waals surface area (Å²) in [6, 6.07) is 5.15. The molecule has 1 saturated carbocycles. The van der Waals surface area contributed by atoms with Gasteiger partial charge in [0.2, 0.25) is 11.8 Å². The number of hydrogen-bond acceptors (Lipinski definition) is 8. The van der Waals surface area contributed by atoms with E-state index < -0.39 is 53.0 Å². The minimum atomic E-state index is -1.32. The summed E-state index contributed by atoms with van der Waals surface area (Å²) in [5, 5.41) is 11.7. The molecule has 3 atom stereocenters. The van der Waals surface area contributed by atoms with Gasteiger partial charge in [-0.1, -0.05) is 17.3 Å².